The summed E-state index contributed by atoms with van der Waals surface area (Å²) in [5.41, 5.74) is 2.34. The smallest absolute Gasteiger partial charge is 0.189 e. The number of fused-ring (bicyclic) bond motifs is 4. The van der Waals surface area contributed by atoms with Crippen LogP contribution in [-0.4, -0.2) is 68.3 Å². The summed E-state index contributed by atoms with van der Waals surface area (Å²) in [6.07, 6.45) is 5.04. The third-order valence-electron chi connectivity index (χ3n) is 11.0. The van der Waals surface area contributed by atoms with Gasteiger partial charge in [0.05, 0.1) is 19.6 Å². The summed E-state index contributed by atoms with van der Waals surface area (Å²) >= 11 is 0. The Bertz CT molecular complexity index is 1860. The number of carbonyl (C=O) groups is 2. The third kappa shape index (κ3) is 3.76. The quantitative estimate of drug-likeness (QED) is 0.251. The van der Waals surface area contributed by atoms with E-state index in [1.165, 1.54) is 0 Å². The van der Waals surface area contributed by atoms with E-state index in [2.05, 4.69) is 53.2 Å². The van der Waals surface area contributed by atoms with Gasteiger partial charge in [-0.05, 0) is 84.2 Å². The van der Waals surface area contributed by atoms with Gasteiger partial charge in [-0.3, -0.25) is 14.5 Å². The number of hydrogen-bond donors (Lipinski definition) is 0. The lowest BCUT2D eigenvalue weighted by atomic mass is 9.54. The second kappa shape index (κ2) is 10.4. The zero-order valence-corrected chi connectivity index (χ0v) is 26.1. The van der Waals surface area contributed by atoms with E-state index in [0.29, 0.717) is 13.1 Å². The molecule has 1 aliphatic carbocycles. The van der Waals surface area contributed by atoms with E-state index in [0.717, 1.165) is 75.9 Å². The van der Waals surface area contributed by atoms with E-state index < -0.39 is 11.0 Å². The van der Waals surface area contributed by atoms with Crippen molar-refractivity contribution in [1.29, 1.82) is 0 Å². The van der Waals surface area contributed by atoms with Crippen LogP contribution in [0.4, 0.5) is 0 Å². The second-order valence-electron chi connectivity index (χ2n) is 13.2. The molecule has 4 atom stereocenters. The van der Waals surface area contributed by atoms with Crippen molar-refractivity contribution >= 4 is 28.4 Å². The van der Waals surface area contributed by atoms with Gasteiger partial charge in [0.25, 0.3) is 0 Å². The van der Waals surface area contributed by atoms with Crippen molar-refractivity contribution in [3.05, 3.63) is 113 Å². The molecular formula is C39H38N2O4. The third-order valence-corrected chi connectivity index (χ3v) is 11.0. The number of methoxy groups -OCH3 is 2. The molecular weight excluding hydrogens is 560 g/mol. The topological polar surface area (TPSA) is 59.1 Å². The Balaban J connectivity index is 1.43. The molecule has 6 nitrogen and oxygen atoms in total. The molecule has 3 aliphatic heterocycles. The SMILES string of the molecule is COc1ccc(/C=C2\CN(C)C[C@]3(C2=O)[C@H](c2ccc(OC)cc2)[C@H]2CCCCN2[C@]32C(=O)c3cccc4cccc2c34)cc1. The summed E-state index contributed by atoms with van der Waals surface area (Å²) < 4.78 is 10.9. The monoisotopic (exact) mass is 598 g/mol. The van der Waals surface area contributed by atoms with E-state index in [9.17, 15) is 0 Å². The molecule has 3 heterocycles. The van der Waals surface area contributed by atoms with Gasteiger partial charge in [0, 0.05) is 36.2 Å². The minimum Gasteiger partial charge on any atom is -0.497 e. The van der Waals surface area contributed by atoms with Crippen LogP contribution in [0.25, 0.3) is 16.8 Å². The standard InChI is InChI=1S/C39H38N2O4/c1-40-23-28(22-25-13-17-29(44-2)18-14-25)36(42)38(24-40)35(27-15-19-30(45-3)20-16-27)33-12-4-5-21-41(33)39(38)32-11-7-9-26-8-6-10-31(34(26)32)37(39)43/h6-11,13-20,22,33,35H,4-5,12,21,23-24H2,1-3H3/b28-22+/t33-,35-,38-,39-/m1/s1. The van der Waals surface area contributed by atoms with Crippen LogP contribution < -0.4 is 9.47 Å². The number of likely N-dealkylation sites (tertiary alicyclic amines) is 1. The minimum atomic E-state index is -1.11. The highest BCUT2D eigenvalue weighted by Gasteiger charge is 2.77. The first kappa shape index (κ1) is 28.2. The average molecular weight is 599 g/mol. The van der Waals surface area contributed by atoms with Gasteiger partial charge in [0.2, 0.25) is 0 Å². The van der Waals surface area contributed by atoms with Crippen LogP contribution >= 0.6 is 0 Å². The maximum atomic E-state index is 15.7. The fourth-order valence-corrected chi connectivity index (χ4v) is 9.46. The Labute approximate surface area is 264 Å². The first-order valence-corrected chi connectivity index (χ1v) is 16.0. The number of ketones is 2. The molecule has 0 aromatic heterocycles. The normalized spacial score (nSPS) is 28.8. The average Bonchev–Trinajstić information content (AvgIpc) is 3.48. The molecule has 0 radical (unpaired) electrons. The van der Waals surface area contributed by atoms with Crippen LogP contribution in [0.2, 0.25) is 0 Å². The molecule has 6 heteroatoms. The highest BCUT2D eigenvalue weighted by atomic mass is 16.5. The largest absolute Gasteiger partial charge is 0.497 e. The zero-order chi connectivity index (χ0) is 30.9. The van der Waals surface area contributed by atoms with Crippen LogP contribution in [-0.2, 0) is 10.3 Å². The Hall–Kier alpha value is -4.26. The van der Waals surface area contributed by atoms with Crippen molar-refractivity contribution in [2.75, 3.05) is 40.9 Å². The van der Waals surface area contributed by atoms with Crippen molar-refractivity contribution in [2.24, 2.45) is 5.41 Å². The van der Waals surface area contributed by atoms with Crippen LogP contribution in [0.15, 0.2) is 90.5 Å². The molecule has 2 spiro atoms. The zero-order valence-electron chi connectivity index (χ0n) is 26.1. The van der Waals surface area contributed by atoms with Crippen LogP contribution in [0.1, 0.15) is 52.2 Å². The number of carbonyl (C=O) groups excluding carboxylic acids is 2. The predicted octanol–water partition coefficient (Wildman–Crippen LogP) is 6.49. The molecule has 4 aliphatic rings. The maximum Gasteiger partial charge on any atom is 0.189 e. The minimum absolute atomic E-state index is 0.0401. The van der Waals surface area contributed by atoms with Crippen molar-refractivity contribution < 1.29 is 19.1 Å². The molecule has 0 unspecified atom stereocenters. The van der Waals surface area contributed by atoms with Crippen LogP contribution in [0.3, 0.4) is 0 Å². The summed E-state index contributed by atoms with van der Waals surface area (Å²) in [5.74, 6) is 1.53. The van der Waals surface area contributed by atoms with Crippen molar-refractivity contribution in [1.82, 2.24) is 9.80 Å². The molecule has 0 amide bonds. The number of ether oxygens (including phenoxy) is 2. The summed E-state index contributed by atoms with van der Waals surface area (Å²) in [4.78, 5) is 35.9. The van der Waals surface area contributed by atoms with Gasteiger partial charge in [-0.1, -0.05) is 67.1 Å². The highest BCUT2D eigenvalue weighted by Crippen LogP contribution is 2.69. The maximum absolute atomic E-state index is 15.7. The Morgan fingerprint density at radius 1 is 0.822 bits per heavy atom. The van der Waals surface area contributed by atoms with Gasteiger partial charge in [0.15, 0.2) is 11.6 Å². The molecule has 3 saturated heterocycles. The van der Waals surface area contributed by atoms with Gasteiger partial charge < -0.3 is 14.4 Å². The van der Waals surface area contributed by atoms with Crippen molar-refractivity contribution in [3.8, 4) is 11.5 Å². The molecule has 45 heavy (non-hydrogen) atoms. The number of Topliss-reactive ketones (excluding diaryl/α,β-unsaturated/α-hetero) is 2. The number of nitrogens with zero attached hydrogens (tertiary/aromatic N) is 2. The van der Waals surface area contributed by atoms with Crippen molar-refractivity contribution in [2.45, 2.75) is 36.8 Å². The number of rotatable bonds is 4. The van der Waals surface area contributed by atoms with Crippen LogP contribution in [0, 0.1) is 5.41 Å². The first-order chi connectivity index (χ1) is 21.9. The van der Waals surface area contributed by atoms with Gasteiger partial charge >= 0.3 is 0 Å². The number of likely N-dealkylation sites (N-methyl/N-ethyl adjacent to an activating group) is 1. The summed E-state index contributed by atoms with van der Waals surface area (Å²) in [6, 6.07) is 28.5. The van der Waals surface area contributed by atoms with E-state index in [-0.39, 0.29) is 23.5 Å². The molecule has 228 valence electrons. The Kier molecular flexibility index (Phi) is 6.52. The first-order valence-electron chi connectivity index (χ1n) is 16.0. The Morgan fingerprint density at radius 3 is 2.22 bits per heavy atom. The summed E-state index contributed by atoms with van der Waals surface area (Å²) in [6.45, 7) is 1.79. The lowest BCUT2D eigenvalue weighted by molar-refractivity contribution is -0.134. The summed E-state index contributed by atoms with van der Waals surface area (Å²) in [5, 5.41) is 2.06. The molecule has 0 N–H and O–H groups in total. The van der Waals surface area contributed by atoms with Gasteiger partial charge in [-0.25, -0.2) is 0 Å². The van der Waals surface area contributed by atoms with Crippen molar-refractivity contribution in [3.63, 3.8) is 0 Å². The number of piperidine rings is 2. The lowest BCUT2D eigenvalue weighted by Gasteiger charge is -2.52. The fourth-order valence-electron chi connectivity index (χ4n) is 9.46. The Morgan fingerprint density at radius 2 is 1.51 bits per heavy atom. The van der Waals surface area contributed by atoms with E-state index in [4.69, 9.17) is 9.47 Å². The fraction of sp³-hybridized carbons (Fsp3) is 0.333. The van der Waals surface area contributed by atoms with E-state index >= 15 is 9.59 Å². The molecule has 4 aromatic rings. The highest BCUT2D eigenvalue weighted by molar-refractivity contribution is 6.24. The van der Waals surface area contributed by atoms with Gasteiger partial charge in [-0.2, -0.15) is 0 Å². The second-order valence-corrected chi connectivity index (χ2v) is 13.2. The molecule has 4 aromatic carbocycles. The lowest BCUT2D eigenvalue weighted by Crippen LogP contribution is -2.65. The van der Waals surface area contributed by atoms with E-state index in [1.807, 2.05) is 54.6 Å². The van der Waals surface area contributed by atoms with Crippen LogP contribution in [0.5, 0.6) is 11.5 Å². The molecule has 3 fully saturated rings. The molecule has 0 saturated carbocycles. The van der Waals surface area contributed by atoms with Gasteiger partial charge in [-0.15, -0.1) is 0 Å². The molecule has 0 bridgehead atoms. The molecule has 8 rings (SSSR count). The number of benzene rings is 4. The van der Waals surface area contributed by atoms with Gasteiger partial charge in [0.1, 0.15) is 17.0 Å². The predicted molar refractivity (Wildman–Crippen MR) is 176 cm³/mol. The summed E-state index contributed by atoms with van der Waals surface area (Å²) in [7, 11) is 5.43. The number of hydrogen-bond acceptors (Lipinski definition) is 6. The van der Waals surface area contributed by atoms with E-state index in [1.54, 1.807) is 14.2 Å².